The molecule has 0 spiro atoms. The Hall–Kier alpha value is -6.88. The van der Waals surface area contributed by atoms with Crippen molar-refractivity contribution >= 4 is 40.9 Å². The number of nitrogens with one attached hydrogen (secondary N) is 1. The molecule has 2 aliphatic rings. The fraction of sp³-hybridized carbons (Fsp3) is 0.176. The summed E-state index contributed by atoms with van der Waals surface area (Å²) in [6, 6.07) is 40.9. The van der Waals surface area contributed by atoms with Gasteiger partial charge in [-0.2, -0.15) is 5.26 Å². The van der Waals surface area contributed by atoms with Gasteiger partial charge in [0.2, 0.25) is 5.91 Å². The average molecular weight is 861 g/mol. The van der Waals surface area contributed by atoms with Crippen LogP contribution in [0.2, 0.25) is 10.0 Å². The number of carbonyl (C=O) groups is 3. The van der Waals surface area contributed by atoms with Gasteiger partial charge in [-0.25, -0.2) is 4.79 Å². The number of benzene rings is 6. The zero-order valence-electron chi connectivity index (χ0n) is 33.3. The van der Waals surface area contributed by atoms with Gasteiger partial charge < -0.3 is 19.9 Å². The van der Waals surface area contributed by atoms with Crippen LogP contribution >= 0.6 is 23.2 Å². The van der Waals surface area contributed by atoms with Crippen LogP contribution in [0, 0.1) is 23.2 Å². The molecule has 0 radical (unpaired) electrons. The lowest BCUT2D eigenvalue weighted by Crippen LogP contribution is -2.54. The van der Waals surface area contributed by atoms with Gasteiger partial charge in [0.25, 0.3) is 0 Å². The Morgan fingerprint density at radius 2 is 1.53 bits per heavy atom. The summed E-state index contributed by atoms with van der Waals surface area (Å²) in [6.45, 7) is 0.896. The SMILES string of the molecule is N#Cc1ccc(-c2ccc(C[C@H](NC(=O)[C@@H]3Cc4cc5c(cc4CN3CC#Cc3ccccc3)OC(c3ccc(OCc4ccc(Cl)c(Cl)c4)cc3)C(=O)C5)C(=O)O)cc2)cc1. The molecule has 1 amide bonds. The van der Waals surface area contributed by atoms with E-state index >= 15 is 0 Å². The van der Waals surface area contributed by atoms with Crippen molar-refractivity contribution in [2.45, 2.75) is 50.6 Å². The van der Waals surface area contributed by atoms with Crippen molar-refractivity contribution in [1.82, 2.24) is 10.2 Å². The molecule has 2 N–H and O–H groups in total. The standard InChI is InChI=1S/C51H39Cl2N3O6/c52-43-21-12-35(23-44(43)53)31-61-42-19-17-38(18-20-42)49-47(57)27-40-25-39-26-46(56(30-41(39)28-48(40)62-49)22-4-7-32-5-2-1-3-6-32)50(58)55-45(51(59)60)24-33-8-13-36(14-9-33)37-15-10-34(29-54)11-16-37/h1-3,5-6,8-21,23,25,28,45-46,49H,22,24,26-27,30-31H2,(H,55,58)(H,59,60)/t45-,46-,49?/m0/s1. The van der Waals surface area contributed by atoms with Gasteiger partial charge in [-0.1, -0.05) is 114 Å². The number of hydrogen-bond acceptors (Lipinski definition) is 7. The monoisotopic (exact) mass is 859 g/mol. The van der Waals surface area contributed by atoms with E-state index in [0.29, 0.717) is 45.8 Å². The molecule has 0 aromatic heterocycles. The highest BCUT2D eigenvalue weighted by atomic mass is 35.5. The van der Waals surface area contributed by atoms with Crippen molar-refractivity contribution in [3.05, 3.63) is 188 Å². The largest absolute Gasteiger partial charge is 0.489 e. The first kappa shape index (κ1) is 41.8. The Morgan fingerprint density at radius 1 is 0.823 bits per heavy atom. The normalized spacial score (nSPS) is 16.0. The number of ether oxygens (including phenoxy) is 2. The first-order valence-corrected chi connectivity index (χ1v) is 20.8. The van der Waals surface area contributed by atoms with Crippen molar-refractivity contribution in [1.29, 1.82) is 5.26 Å². The summed E-state index contributed by atoms with van der Waals surface area (Å²) in [5.41, 5.74) is 8.12. The molecule has 3 atom stereocenters. The van der Waals surface area contributed by atoms with Crippen LogP contribution < -0.4 is 14.8 Å². The van der Waals surface area contributed by atoms with Gasteiger partial charge in [0.1, 0.15) is 24.1 Å². The number of amides is 1. The molecule has 0 saturated heterocycles. The minimum atomic E-state index is -1.18. The van der Waals surface area contributed by atoms with Gasteiger partial charge in [-0.05, 0) is 94.4 Å². The zero-order valence-corrected chi connectivity index (χ0v) is 34.8. The lowest BCUT2D eigenvalue weighted by molar-refractivity contribution is -0.142. The highest BCUT2D eigenvalue weighted by molar-refractivity contribution is 6.42. The molecule has 2 heterocycles. The summed E-state index contributed by atoms with van der Waals surface area (Å²) in [7, 11) is 0. The third kappa shape index (κ3) is 9.84. The number of carboxylic acids is 1. The second kappa shape index (κ2) is 18.8. The summed E-state index contributed by atoms with van der Waals surface area (Å²) >= 11 is 12.2. The Kier molecular flexibility index (Phi) is 12.7. The van der Waals surface area contributed by atoms with Crippen LogP contribution in [0.15, 0.2) is 133 Å². The number of carboxylic acid groups (broad SMARTS) is 1. The van der Waals surface area contributed by atoms with E-state index in [1.54, 1.807) is 36.4 Å². The van der Waals surface area contributed by atoms with Gasteiger partial charge >= 0.3 is 5.97 Å². The molecule has 2 aliphatic heterocycles. The molecule has 62 heavy (non-hydrogen) atoms. The van der Waals surface area contributed by atoms with E-state index in [1.165, 1.54) is 0 Å². The summed E-state index contributed by atoms with van der Waals surface area (Å²) in [5.74, 6) is 5.95. The molecule has 9 nitrogen and oxygen atoms in total. The number of nitrogens with zero attached hydrogens (tertiary/aromatic N) is 2. The number of Topliss-reactive ketones (excluding diaryl/α,β-unsaturated/α-hetero) is 1. The molecule has 8 rings (SSSR count). The maximum atomic E-state index is 14.2. The van der Waals surface area contributed by atoms with Crippen LogP contribution in [-0.2, 0) is 46.8 Å². The number of halogens is 2. The van der Waals surface area contributed by atoms with Crippen molar-refractivity contribution in [2.24, 2.45) is 0 Å². The highest BCUT2D eigenvalue weighted by Crippen LogP contribution is 2.38. The number of fused-ring (bicyclic) bond motifs is 2. The van der Waals surface area contributed by atoms with Gasteiger partial charge in [0.15, 0.2) is 11.9 Å². The maximum absolute atomic E-state index is 14.2. The Bertz CT molecular complexity index is 2740. The molecule has 0 bridgehead atoms. The van der Waals surface area contributed by atoms with E-state index in [0.717, 1.165) is 44.5 Å². The van der Waals surface area contributed by atoms with Crippen LogP contribution in [-0.4, -0.2) is 46.3 Å². The number of ketones is 1. The van der Waals surface area contributed by atoms with E-state index in [1.807, 2.05) is 102 Å². The van der Waals surface area contributed by atoms with Gasteiger partial charge in [-0.15, -0.1) is 0 Å². The number of hydrogen-bond donors (Lipinski definition) is 2. The number of nitriles is 1. The fourth-order valence-corrected chi connectivity index (χ4v) is 8.02. The molecular weight excluding hydrogens is 821 g/mol. The number of carbonyl (C=O) groups excluding carboxylic acids is 2. The molecule has 6 aromatic rings. The zero-order chi connectivity index (χ0) is 43.2. The van der Waals surface area contributed by atoms with E-state index < -0.39 is 30.1 Å². The summed E-state index contributed by atoms with van der Waals surface area (Å²) in [4.78, 5) is 42.3. The van der Waals surface area contributed by atoms with Crippen molar-refractivity contribution in [3.8, 4) is 40.5 Å². The minimum Gasteiger partial charge on any atom is -0.489 e. The predicted octanol–water partition coefficient (Wildman–Crippen LogP) is 8.95. The third-order valence-corrected chi connectivity index (χ3v) is 11.8. The van der Waals surface area contributed by atoms with Crippen LogP contribution in [0.3, 0.4) is 0 Å². The smallest absolute Gasteiger partial charge is 0.326 e. The summed E-state index contributed by atoms with van der Waals surface area (Å²) in [6.07, 6.45) is -0.292. The first-order valence-electron chi connectivity index (χ1n) is 20.0. The Balaban J connectivity index is 0.980. The van der Waals surface area contributed by atoms with Crippen LogP contribution in [0.4, 0.5) is 0 Å². The lowest BCUT2D eigenvalue weighted by Gasteiger charge is -2.36. The molecular formula is C51H39Cl2N3O6. The topological polar surface area (TPSA) is 129 Å². The van der Waals surface area contributed by atoms with Crippen molar-refractivity contribution < 1.29 is 29.0 Å². The van der Waals surface area contributed by atoms with E-state index in [4.69, 9.17) is 37.9 Å². The van der Waals surface area contributed by atoms with Crippen LogP contribution in [0.5, 0.6) is 11.5 Å². The number of aliphatic carboxylic acids is 1. The van der Waals surface area contributed by atoms with Crippen LogP contribution in [0.25, 0.3) is 11.1 Å². The molecule has 0 saturated carbocycles. The summed E-state index contributed by atoms with van der Waals surface area (Å²) in [5, 5.41) is 23.2. The lowest BCUT2D eigenvalue weighted by atomic mass is 9.88. The molecule has 1 unspecified atom stereocenters. The van der Waals surface area contributed by atoms with Crippen molar-refractivity contribution in [3.63, 3.8) is 0 Å². The molecule has 308 valence electrons. The fourth-order valence-electron chi connectivity index (χ4n) is 7.69. The van der Waals surface area contributed by atoms with Gasteiger partial charge in [0.05, 0.1) is 34.3 Å². The molecule has 0 fully saturated rings. The summed E-state index contributed by atoms with van der Waals surface area (Å²) < 4.78 is 12.3. The predicted molar refractivity (Wildman–Crippen MR) is 237 cm³/mol. The second-order valence-corrected chi connectivity index (χ2v) is 16.1. The minimum absolute atomic E-state index is 0.0778. The van der Waals surface area contributed by atoms with Crippen LogP contribution in [0.1, 0.15) is 50.6 Å². The Morgan fingerprint density at radius 3 is 2.23 bits per heavy atom. The van der Waals surface area contributed by atoms with E-state index in [9.17, 15) is 19.5 Å². The molecule has 11 heteroatoms. The first-order chi connectivity index (χ1) is 30.1. The Labute approximate surface area is 369 Å². The molecule has 6 aromatic carbocycles. The number of rotatable bonds is 11. The maximum Gasteiger partial charge on any atom is 0.326 e. The van der Waals surface area contributed by atoms with Gasteiger partial charge in [-0.3, -0.25) is 14.5 Å². The highest BCUT2D eigenvalue weighted by Gasteiger charge is 2.36. The third-order valence-electron chi connectivity index (χ3n) is 11.0. The van der Waals surface area contributed by atoms with Gasteiger partial charge in [0, 0.05) is 36.1 Å². The quantitative estimate of drug-likeness (QED) is 0.124. The van der Waals surface area contributed by atoms with Crippen molar-refractivity contribution in [2.75, 3.05) is 6.54 Å². The van der Waals surface area contributed by atoms with E-state index in [-0.39, 0.29) is 31.6 Å². The van der Waals surface area contributed by atoms with E-state index in [2.05, 4.69) is 23.2 Å². The molecule has 0 aliphatic carbocycles. The second-order valence-electron chi connectivity index (χ2n) is 15.3. The average Bonchev–Trinajstić information content (AvgIpc) is 3.29.